The second-order valence-corrected chi connectivity index (χ2v) is 5.62. The van der Waals surface area contributed by atoms with Gasteiger partial charge in [-0.25, -0.2) is 0 Å². The van der Waals surface area contributed by atoms with Crippen molar-refractivity contribution in [2.75, 3.05) is 0 Å². The van der Waals surface area contributed by atoms with Crippen LogP contribution in [-0.4, -0.2) is 24.2 Å². The summed E-state index contributed by atoms with van der Waals surface area (Å²) in [4.78, 5) is -0.113. The van der Waals surface area contributed by atoms with Gasteiger partial charge in [0, 0.05) is 0 Å². The molecule has 0 radical (unpaired) electrons. The molecule has 0 saturated carbocycles. The van der Waals surface area contributed by atoms with Crippen molar-refractivity contribution in [2.24, 2.45) is 0 Å². The smallest absolute Gasteiger partial charge is 0.294 e. The SMILES string of the molecule is CCCC(O)Cc1cc(C)ccc1S(=O)(=O)O. The zero-order valence-electron chi connectivity index (χ0n) is 10.0. The van der Waals surface area contributed by atoms with Gasteiger partial charge in [0.05, 0.1) is 11.0 Å². The lowest BCUT2D eigenvalue weighted by atomic mass is 10.0. The molecule has 2 N–H and O–H groups in total. The van der Waals surface area contributed by atoms with Gasteiger partial charge in [0.25, 0.3) is 10.1 Å². The zero-order chi connectivity index (χ0) is 13.1. The molecule has 0 saturated heterocycles. The summed E-state index contributed by atoms with van der Waals surface area (Å²) >= 11 is 0. The van der Waals surface area contributed by atoms with Crippen LogP contribution in [0.3, 0.4) is 0 Å². The number of aliphatic hydroxyl groups excluding tert-OH is 1. The lowest BCUT2D eigenvalue weighted by Crippen LogP contribution is -2.13. The van der Waals surface area contributed by atoms with Crippen LogP contribution < -0.4 is 0 Å². The van der Waals surface area contributed by atoms with Crippen molar-refractivity contribution in [3.05, 3.63) is 29.3 Å². The van der Waals surface area contributed by atoms with Crippen molar-refractivity contribution in [3.63, 3.8) is 0 Å². The normalized spacial score (nSPS) is 13.6. The molecule has 0 aliphatic heterocycles. The van der Waals surface area contributed by atoms with Crippen molar-refractivity contribution in [1.29, 1.82) is 0 Å². The van der Waals surface area contributed by atoms with E-state index in [9.17, 15) is 13.5 Å². The molecule has 1 atom stereocenters. The number of rotatable bonds is 5. The van der Waals surface area contributed by atoms with E-state index in [0.717, 1.165) is 12.0 Å². The molecule has 0 aromatic heterocycles. The Morgan fingerprint density at radius 1 is 1.35 bits per heavy atom. The number of aliphatic hydroxyl groups is 1. The molecule has 96 valence electrons. The standard InChI is InChI=1S/C12H18O4S/c1-3-4-11(13)8-10-7-9(2)5-6-12(10)17(14,15)16/h5-7,11,13H,3-4,8H2,1-2H3,(H,14,15,16). The van der Waals surface area contributed by atoms with E-state index in [1.54, 1.807) is 12.1 Å². The molecule has 1 aromatic rings. The molecule has 0 bridgehead atoms. The largest absolute Gasteiger partial charge is 0.393 e. The van der Waals surface area contributed by atoms with Gasteiger partial charge in [-0.1, -0.05) is 31.0 Å². The van der Waals surface area contributed by atoms with Crippen LogP contribution in [0.2, 0.25) is 0 Å². The van der Waals surface area contributed by atoms with E-state index in [-0.39, 0.29) is 11.3 Å². The van der Waals surface area contributed by atoms with Gasteiger partial charge in [-0.3, -0.25) is 4.55 Å². The minimum atomic E-state index is -4.22. The van der Waals surface area contributed by atoms with E-state index in [1.165, 1.54) is 6.07 Å². The Morgan fingerprint density at radius 2 is 2.00 bits per heavy atom. The van der Waals surface area contributed by atoms with Crippen LogP contribution in [0.5, 0.6) is 0 Å². The summed E-state index contributed by atoms with van der Waals surface area (Å²) in [6, 6.07) is 4.68. The molecular formula is C12H18O4S. The molecule has 0 aliphatic rings. The molecule has 1 aromatic carbocycles. The summed E-state index contributed by atoms with van der Waals surface area (Å²) in [6.45, 7) is 3.78. The maximum atomic E-state index is 11.2. The highest BCUT2D eigenvalue weighted by Gasteiger charge is 2.17. The first-order valence-corrected chi connectivity index (χ1v) is 7.03. The molecular weight excluding hydrogens is 240 g/mol. The first kappa shape index (κ1) is 14.2. The van der Waals surface area contributed by atoms with E-state index in [0.29, 0.717) is 12.0 Å². The van der Waals surface area contributed by atoms with Crippen molar-refractivity contribution in [2.45, 2.75) is 44.1 Å². The molecule has 5 heteroatoms. The van der Waals surface area contributed by atoms with Crippen molar-refractivity contribution in [3.8, 4) is 0 Å². The summed E-state index contributed by atoms with van der Waals surface area (Å²) in [6.07, 6.45) is 1.10. The van der Waals surface area contributed by atoms with E-state index in [1.807, 2.05) is 13.8 Å². The highest BCUT2D eigenvalue weighted by Crippen LogP contribution is 2.19. The number of hydrogen-bond acceptors (Lipinski definition) is 3. The summed E-state index contributed by atoms with van der Waals surface area (Å²) < 4.78 is 31.5. The Hall–Kier alpha value is -0.910. The highest BCUT2D eigenvalue weighted by molar-refractivity contribution is 7.85. The summed E-state index contributed by atoms with van der Waals surface area (Å²) in [7, 11) is -4.22. The fourth-order valence-corrected chi connectivity index (χ4v) is 2.52. The molecule has 0 heterocycles. The average Bonchev–Trinajstić information content (AvgIpc) is 2.15. The minimum absolute atomic E-state index is 0.113. The predicted molar refractivity (Wildman–Crippen MR) is 65.6 cm³/mol. The van der Waals surface area contributed by atoms with Gasteiger partial charge >= 0.3 is 0 Å². The fraction of sp³-hybridized carbons (Fsp3) is 0.500. The van der Waals surface area contributed by atoms with Gasteiger partial charge in [-0.15, -0.1) is 0 Å². The predicted octanol–water partition coefficient (Wildman–Crippen LogP) is 1.95. The summed E-state index contributed by atoms with van der Waals surface area (Å²) in [5.41, 5.74) is 1.37. The van der Waals surface area contributed by atoms with Crippen LogP contribution in [0.15, 0.2) is 23.1 Å². The third kappa shape index (κ3) is 4.11. The minimum Gasteiger partial charge on any atom is -0.393 e. The van der Waals surface area contributed by atoms with Crippen LogP contribution in [0.1, 0.15) is 30.9 Å². The van der Waals surface area contributed by atoms with Crippen LogP contribution in [-0.2, 0) is 16.5 Å². The Labute approximate surface area is 102 Å². The summed E-state index contributed by atoms with van der Waals surface area (Å²) in [5, 5.41) is 9.71. The number of benzene rings is 1. The van der Waals surface area contributed by atoms with Crippen LogP contribution >= 0.6 is 0 Å². The Kier molecular flexibility index (Phi) is 4.68. The first-order valence-electron chi connectivity index (χ1n) is 5.59. The number of hydrogen-bond donors (Lipinski definition) is 2. The molecule has 1 rings (SSSR count). The van der Waals surface area contributed by atoms with Gasteiger partial charge in [-0.05, 0) is 31.4 Å². The van der Waals surface area contributed by atoms with Crippen LogP contribution in [0.4, 0.5) is 0 Å². The molecule has 0 spiro atoms. The molecule has 1 unspecified atom stereocenters. The molecule has 0 amide bonds. The van der Waals surface area contributed by atoms with E-state index < -0.39 is 16.2 Å². The Bertz CT molecular complexity index is 479. The second-order valence-electron chi connectivity index (χ2n) is 4.23. The Morgan fingerprint density at radius 3 is 2.53 bits per heavy atom. The maximum absolute atomic E-state index is 11.2. The van der Waals surface area contributed by atoms with Crippen molar-refractivity contribution < 1.29 is 18.1 Å². The monoisotopic (exact) mass is 258 g/mol. The molecule has 4 nitrogen and oxygen atoms in total. The highest BCUT2D eigenvalue weighted by atomic mass is 32.2. The van der Waals surface area contributed by atoms with Crippen molar-refractivity contribution >= 4 is 10.1 Å². The maximum Gasteiger partial charge on any atom is 0.294 e. The van der Waals surface area contributed by atoms with Gasteiger partial charge in [0.2, 0.25) is 0 Å². The Balaban J connectivity index is 3.08. The topological polar surface area (TPSA) is 74.6 Å². The van der Waals surface area contributed by atoms with E-state index in [2.05, 4.69) is 0 Å². The lowest BCUT2D eigenvalue weighted by molar-refractivity contribution is 0.163. The quantitative estimate of drug-likeness (QED) is 0.791. The third-order valence-corrected chi connectivity index (χ3v) is 3.53. The fourth-order valence-electron chi connectivity index (χ4n) is 1.81. The third-order valence-electron chi connectivity index (χ3n) is 2.57. The van der Waals surface area contributed by atoms with Crippen LogP contribution in [0, 0.1) is 6.92 Å². The molecule has 17 heavy (non-hydrogen) atoms. The van der Waals surface area contributed by atoms with Crippen molar-refractivity contribution in [1.82, 2.24) is 0 Å². The van der Waals surface area contributed by atoms with Gasteiger partial charge in [0.1, 0.15) is 0 Å². The second kappa shape index (κ2) is 5.62. The lowest BCUT2D eigenvalue weighted by Gasteiger charge is -2.12. The first-order chi connectivity index (χ1) is 7.84. The number of aryl methyl sites for hydroxylation is 1. The molecule has 0 fully saturated rings. The molecule has 0 aliphatic carbocycles. The summed E-state index contributed by atoms with van der Waals surface area (Å²) in [5.74, 6) is 0. The van der Waals surface area contributed by atoms with E-state index in [4.69, 9.17) is 4.55 Å². The van der Waals surface area contributed by atoms with E-state index >= 15 is 0 Å². The van der Waals surface area contributed by atoms with Gasteiger partial charge in [-0.2, -0.15) is 8.42 Å². The zero-order valence-corrected chi connectivity index (χ0v) is 10.9. The van der Waals surface area contributed by atoms with Crippen LogP contribution in [0.25, 0.3) is 0 Å². The van der Waals surface area contributed by atoms with Gasteiger partial charge in [0.15, 0.2) is 0 Å². The average molecular weight is 258 g/mol. The van der Waals surface area contributed by atoms with Gasteiger partial charge < -0.3 is 5.11 Å².